The molecule has 0 amide bonds. The molecular formula is C30H36F6O9S3. The van der Waals surface area contributed by atoms with Crippen molar-refractivity contribution in [2.24, 2.45) is 40.9 Å². The lowest BCUT2D eigenvalue weighted by molar-refractivity contribution is -0.345. The molecule has 2 spiro atoms. The van der Waals surface area contributed by atoms with E-state index in [0.717, 1.165) is 12.8 Å². The molecular weight excluding hydrogens is 715 g/mol. The molecule has 18 heteroatoms. The molecule has 0 aromatic heterocycles. The molecule has 0 radical (unpaired) electrons. The van der Waals surface area contributed by atoms with Gasteiger partial charge in [-0.3, -0.25) is 9.35 Å². The predicted octanol–water partition coefficient (Wildman–Crippen LogP) is 5.52. The summed E-state index contributed by atoms with van der Waals surface area (Å²) in [6.07, 6.45) is 4.66. The lowest BCUT2D eigenvalue weighted by Crippen LogP contribution is -2.65. The molecule has 10 fully saturated rings. The molecule has 2 aliphatic heterocycles. The second kappa shape index (κ2) is 10.6. The van der Waals surface area contributed by atoms with Crippen molar-refractivity contribution in [3.8, 4) is 0 Å². The Kier molecular flexibility index (Phi) is 7.52. The number of hydrogen-bond donors (Lipinski definition) is 1. The van der Waals surface area contributed by atoms with Crippen LogP contribution in [0.4, 0.5) is 26.3 Å². The standard InChI is InChI=1S/C30H36F6O9S3/c31-26(32)13-43-28(44-14-27(26,33)34)17-1-15-2-18(28)8-24(5-15,7-17)22(37)42-11-21-12-46-29(47-21)19-3-16-4-20(29)10-25(6-16,9-19)45-23(38)30(35,36)48(39,40)41/h15-21H,1-14H2,(H,39,40,41). The van der Waals surface area contributed by atoms with Crippen LogP contribution in [0.2, 0.25) is 0 Å². The smallest absolute Gasteiger partial charge is 0.464 e. The molecule has 270 valence electrons. The average molecular weight is 751 g/mol. The van der Waals surface area contributed by atoms with Gasteiger partial charge in [0.05, 0.1) is 9.49 Å². The third kappa shape index (κ3) is 4.86. The summed E-state index contributed by atoms with van der Waals surface area (Å²) in [5.74, 6) is -13.1. The van der Waals surface area contributed by atoms with Crippen molar-refractivity contribution in [2.45, 2.75) is 102 Å². The number of hydrogen-bond acceptors (Lipinski definition) is 10. The molecule has 48 heavy (non-hydrogen) atoms. The fraction of sp³-hybridized carbons (Fsp3) is 0.933. The van der Waals surface area contributed by atoms with Crippen LogP contribution >= 0.6 is 23.5 Å². The summed E-state index contributed by atoms with van der Waals surface area (Å²) < 4.78 is 138. The maximum Gasteiger partial charge on any atom is 0.465 e. The molecule has 5 unspecified atom stereocenters. The first-order valence-corrected chi connectivity index (χ1v) is 19.7. The highest BCUT2D eigenvalue weighted by molar-refractivity contribution is 8.21. The summed E-state index contributed by atoms with van der Waals surface area (Å²) in [4.78, 5) is 26.0. The molecule has 5 atom stereocenters. The Hall–Kier alpha value is -0.950. The number of rotatable bonds is 6. The minimum absolute atomic E-state index is 0.00900. The highest BCUT2D eigenvalue weighted by Gasteiger charge is 2.71. The van der Waals surface area contributed by atoms with Crippen molar-refractivity contribution >= 4 is 45.6 Å². The molecule has 1 N–H and O–H groups in total. The Morgan fingerprint density at radius 1 is 0.833 bits per heavy atom. The molecule has 9 nitrogen and oxygen atoms in total. The molecule has 8 bridgehead atoms. The monoisotopic (exact) mass is 750 g/mol. The van der Waals surface area contributed by atoms with Crippen molar-refractivity contribution in [2.75, 3.05) is 25.6 Å². The van der Waals surface area contributed by atoms with E-state index in [1.165, 1.54) is 0 Å². The Bertz CT molecular complexity index is 1460. The van der Waals surface area contributed by atoms with Gasteiger partial charge in [0.1, 0.15) is 25.4 Å². The zero-order valence-electron chi connectivity index (χ0n) is 25.6. The number of halogens is 6. The van der Waals surface area contributed by atoms with E-state index in [1.54, 1.807) is 23.5 Å². The van der Waals surface area contributed by atoms with Gasteiger partial charge >= 0.3 is 39.2 Å². The van der Waals surface area contributed by atoms with Crippen LogP contribution in [0.1, 0.15) is 64.2 Å². The summed E-state index contributed by atoms with van der Waals surface area (Å²) in [5, 5.41) is -5.13. The lowest BCUT2D eigenvalue weighted by atomic mass is 9.47. The molecule has 0 aromatic rings. The molecule has 0 aromatic carbocycles. The van der Waals surface area contributed by atoms with Crippen LogP contribution in [-0.2, 0) is 38.7 Å². The normalized spacial score (nSPS) is 46.2. The number of carbonyl (C=O) groups is 2. The third-order valence-electron chi connectivity index (χ3n) is 12.6. The van der Waals surface area contributed by atoms with E-state index in [2.05, 4.69) is 0 Å². The highest BCUT2D eigenvalue weighted by atomic mass is 32.2. The SMILES string of the molecule is O=C(OCC1CSC2(S1)C1CC3CC2CC(OC(=O)C(F)(F)S(=O)(=O)O)(C3)C1)C12CC3CC(C1)C1(OCC(F)(F)C(F)(F)CO1)C(C3)C2. The van der Waals surface area contributed by atoms with E-state index >= 15 is 0 Å². The summed E-state index contributed by atoms with van der Waals surface area (Å²) in [7, 11) is -5.98. The largest absolute Gasteiger partial charge is 0.465 e. The Morgan fingerprint density at radius 2 is 1.38 bits per heavy atom. The van der Waals surface area contributed by atoms with Gasteiger partial charge < -0.3 is 18.9 Å². The third-order valence-corrected chi connectivity index (χ3v) is 17.7. The van der Waals surface area contributed by atoms with Crippen LogP contribution in [0.5, 0.6) is 0 Å². The van der Waals surface area contributed by atoms with Gasteiger partial charge in [-0.25, -0.2) is 4.79 Å². The minimum atomic E-state index is -5.98. The van der Waals surface area contributed by atoms with E-state index in [4.69, 9.17) is 23.5 Å². The number of esters is 2. The maximum absolute atomic E-state index is 14.2. The number of alkyl halides is 6. The summed E-state index contributed by atoms with van der Waals surface area (Å²) in [6, 6.07) is 0. The zero-order chi connectivity index (χ0) is 34.3. The summed E-state index contributed by atoms with van der Waals surface area (Å²) in [5.41, 5.74) is -2.10. The Balaban J connectivity index is 0.913. The fourth-order valence-electron chi connectivity index (χ4n) is 11.0. The average Bonchev–Trinajstić information content (AvgIpc) is 3.38. The molecule has 10 rings (SSSR count). The number of thioether (sulfide) groups is 2. The van der Waals surface area contributed by atoms with Gasteiger partial charge in [-0.15, -0.1) is 23.5 Å². The van der Waals surface area contributed by atoms with Crippen molar-refractivity contribution in [1.29, 1.82) is 0 Å². The van der Waals surface area contributed by atoms with Gasteiger partial charge in [0.2, 0.25) is 0 Å². The summed E-state index contributed by atoms with van der Waals surface area (Å²) in [6.45, 7) is -2.77. The van der Waals surface area contributed by atoms with Crippen LogP contribution in [0.3, 0.4) is 0 Å². The van der Waals surface area contributed by atoms with Crippen LogP contribution in [-0.4, -0.2) is 88.3 Å². The Labute approximate surface area is 281 Å². The number of carbonyl (C=O) groups excluding carboxylic acids is 2. The second-order valence-corrected chi connectivity index (χ2v) is 20.2. The first-order chi connectivity index (χ1) is 22.2. The molecule has 10 aliphatic rings. The van der Waals surface area contributed by atoms with Gasteiger partial charge in [-0.2, -0.15) is 34.8 Å². The first-order valence-electron chi connectivity index (χ1n) is 16.3. The summed E-state index contributed by atoms with van der Waals surface area (Å²) >= 11 is 3.43. The number of ether oxygens (including phenoxy) is 4. The minimum Gasteiger partial charge on any atom is -0.464 e. The zero-order valence-corrected chi connectivity index (χ0v) is 28.1. The van der Waals surface area contributed by atoms with Crippen LogP contribution in [0, 0.1) is 40.9 Å². The van der Waals surface area contributed by atoms with Crippen molar-refractivity contribution < 1.29 is 67.8 Å². The van der Waals surface area contributed by atoms with Gasteiger partial charge in [0.25, 0.3) is 0 Å². The van der Waals surface area contributed by atoms with Crippen LogP contribution < -0.4 is 0 Å². The van der Waals surface area contributed by atoms with E-state index in [9.17, 15) is 44.3 Å². The van der Waals surface area contributed by atoms with Gasteiger partial charge in [0, 0.05) is 22.8 Å². The molecule has 2 heterocycles. The van der Waals surface area contributed by atoms with Crippen LogP contribution in [0.15, 0.2) is 0 Å². The van der Waals surface area contributed by atoms with E-state index in [1.807, 2.05) is 0 Å². The first kappa shape index (κ1) is 34.2. The topological polar surface area (TPSA) is 125 Å². The van der Waals surface area contributed by atoms with Crippen molar-refractivity contribution in [3.63, 3.8) is 0 Å². The van der Waals surface area contributed by atoms with Crippen molar-refractivity contribution in [3.05, 3.63) is 0 Å². The predicted molar refractivity (Wildman–Crippen MR) is 157 cm³/mol. The van der Waals surface area contributed by atoms with Crippen LogP contribution in [0.25, 0.3) is 0 Å². The molecule has 8 aliphatic carbocycles. The van der Waals surface area contributed by atoms with Gasteiger partial charge in [-0.1, -0.05) is 0 Å². The fourth-order valence-corrected chi connectivity index (χ4v) is 15.4. The Morgan fingerprint density at radius 3 is 1.94 bits per heavy atom. The van der Waals surface area contributed by atoms with E-state index in [0.29, 0.717) is 31.4 Å². The van der Waals surface area contributed by atoms with E-state index in [-0.39, 0.29) is 71.3 Å². The lowest BCUT2D eigenvalue weighted by Gasteiger charge is -2.63. The maximum atomic E-state index is 14.2. The molecule has 8 saturated carbocycles. The van der Waals surface area contributed by atoms with E-state index < -0.39 is 75.0 Å². The van der Waals surface area contributed by atoms with Crippen molar-refractivity contribution in [1.82, 2.24) is 0 Å². The second-order valence-electron chi connectivity index (χ2n) is 15.6. The van der Waals surface area contributed by atoms with Gasteiger partial charge in [0.15, 0.2) is 5.79 Å². The van der Waals surface area contributed by atoms with Gasteiger partial charge in [-0.05, 0) is 87.9 Å². The quantitative estimate of drug-likeness (QED) is 0.210. The molecule has 2 saturated heterocycles. The highest BCUT2D eigenvalue weighted by Crippen LogP contribution is 2.72.